The maximum atomic E-state index is 13.8. The SMILES string of the molecule is CNC(=O)[C@H](Cc1ccccc1)N(Cc1cccc(C)c1)C(=O)CN(c1ccccc1)S(C)(=O)=O. The molecule has 184 valence electrons. The van der Waals surface area contributed by atoms with Gasteiger partial charge in [0.1, 0.15) is 12.6 Å². The minimum Gasteiger partial charge on any atom is -0.357 e. The number of nitrogens with zero attached hydrogens (tertiary/aromatic N) is 2. The molecule has 0 aromatic heterocycles. The molecule has 0 fully saturated rings. The molecule has 0 spiro atoms. The van der Waals surface area contributed by atoms with E-state index in [1.807, 2.05) is 61.5 Å². The molecule has 0 aliphatic heterocycles. The molecule has 0 saturated carbocycles. The molecule has 35 heavy (non-hydrogen) atoms. The average molecular weight is 494 g/mol. The Bertz CT molecular complexity index is 1250. The number of para-hydroxylation sites is 1. The van der Waals surface area contributed by atoms with E-state index in [9.17, 15) is 18.0 Å². The molecular weight excluding hydrogens is 462 g/mol. The summed E-state index contributed by atoms with van der Waals surface area (Å²) < 4.78 is 26.3. The summed E-state index contributed by atoms with van der Waals surface area (Å²) in [4.78, 5) is 28.3. The Balaban J connectivity index is 2.01. The van der Waals surface area contributed by atoms with Crippen molar-refractivity contribution >= 4 is 27.5 Å². The van der Waals surface area contributed by atoms with Crippen LogP contribution in [0.5, 0.6) is 0 Å². The first kappa shape index (κ1) is 26.0. The Kier molecular flexibility index (Phi) is 8.65. The van der Waals surface area contributed by atoms with Gasteiger partial charge in [-0.2, -0.15) is 0 Å². The van der Waals surface area contributed by atoms with E-state index in [4.69, 9.17) is 0 Å². The highest BCUT2D eigenvalue weighted by molar-refractivity contribution is 7.92. The molecule has 2 amide bonds. The minimum absolute atomic E-state index is 0.165. The molecule has 0 aliphatic rings. The number of nitrogens with one attached hydrogen (secondary N) is 1. The molecule has 3 rings (SSSR count). The molecule has 1 atom stereocenters. The third-order valence-electron chi connectivity index (χ3n) is 5.68. The van der Waals surface area contributed by atoms with E-state index in [1.54, 1.807) is 30.3 Å². The monoisotopic (exact) mass is 493 g/mol. The second kappa shape index (κ2) is 11.7. The van der Waals surface area contributed by atoms with Gasteiger partial charge in [0.2, 0.25) is 21.8 Å². The van der Waals surface area contributed by atoms with Crippen molar-refractivity contribution in [3.8, 4) is 0 Å². The standard InChI is InChI=1S/C27H31N3O4S/c1-21-11-10-14-23(17-21)19-29(25(27(32)28-2)18-22-12-6-4-7-13-22)26(31)20-30(35(3,33)34)24-15-8-5-9-16-24/h4-17,25H,18-20H2,1-3H3,(H,28,32)/t25-/m0/s1. The number of anilines is 1. The van der Waals surface area contributed by atoms with Crippen LogP contribution in [0, 0.1) is 6.92 Å². The van der Waals surface area contributed by atoms with Crippen molar-refractivity contribution in [1.82, 2.24) is 10.2 Å². The number of carbonyl (C=O) groups excluding carboxylic acids is 2. The number of likely N-dealkylation sites (N-methyl/N-ethyl adjacent to an activating group) is 1. The lowest BCUT2D eigenvalue weighted by atomic mass is 10.0. The molecule has 0 bridgehead atoms. The predicted molar refractivity (Wildman–Crippen MR) is 138 cm³/mol. The van der Waals surface area contributed by atoms with E-state index >= 15 is 0 Å². The van der Waals surface area contributed by atoms with Crippen molar-refractivity contribution in [2.45, 2.75) is 25.9 Å². The van der Waals surface area contributed by atoms with Crippen LogP contribution in [-0.4, -0.2) is 51.0 Å². The van der Waals surface area contributed by atoms with Crippen LogP contribution in [0.25, 0.3) is 0 Å². The molecule has 0 aliphatic carbocycles. The highest BCUT2D eigenvalue weighted by Gasteiger charge is 2.32. The largest absolute Gasteiger partial charge is 0.357 e. The van der Waals surface area contributed by atoms with Crippen LogP contribution in [-0.2, 0) is 32.6 Å². The van der Waals surface area contributed by atoms with E-state index in [0.717, 1.165) is 27.3 Å². The van der Waals surface area contributed by atoms with Crippen molar-refractivity contribution in [2.24, 2.45) is 0 Å². The molecule has 0 heterocycles. The van der Waals surface area contributed by atoms with E-state index < -0.39 is 28.5 Å². The van der Waals surface area contributed by atoms with Crippen molar-refractivity contribution in [2.75, 3.05) is 24.2 Å². The predicted octanol–water partition coefficient (Wildman–Crippen LogP) is 3.15. The van der Waals surface area contributed by atoms with Crippen LogP contribution in [0.1, 0.15) is 16.7 Å². The third kappa shape index (κ3) is 7.16. The van der Waals surface area contributed by atoms with Crippen LogP contribution < -0.4 is 9.62 Å². The number of hydrogen-bond acceptors (Lipinski definition) is 4. The topological polar surface area (TPSA) is 86.8 Å². The zero-order chi connectivity index (χ0) is 25.4. The second-order valence-corrected chi connectivity index (χ2v) is 10.3. The van der Waals surface area contributed by atoms with Gasteiger partial charge in [-0.25, -0.2) is 8.42 Å². The molecular formula is C27H31N3O4S. The molecule has 0 unspecified atom stereocenters. The smallest absolute Gasteiger partial charge is 0.244 e. The normalized spacial score (nSPS) is 12.0. The molecule has 3 aromatic rings. The lowest BCUT2D eigenvalue weighted by molar-refractivity contribution is -0.139. The van der Waals surface area contributed by atoms with Gasteiger partial charge >= 0.3 is 0 Å². The zero-order valence-electron chi connectivity index (χ0n) is 20.2. The fourth-order valence-electron chi connectivity index (χ4n) is 3.94. The Hall–Kier alpha value is -3.65. The van der Waals surface area contributed by atoms with Gasteiger partial charge < -0.3 is 10.2 Å². The molecule has 0 radical (unpaired) electrons. The summed E-state index contributed by atoms with van der Waals surface area (Å²) in [6, 6.07) is 24.8. The number of hydrogen-bond donors (Lipinski definition) is 1. The molecule has 0 saturated heterocycles. The molecule has 7 nitrogen and oxygen atoms in total. The zero-order valence-corrected chi connectivity index (χ0v) is 21.0. The number of aryl methyl sites for hydroxylation is 1. The van der Waals surface area contributed by atoms with Gasteiger partial charge in [-0.05, 0) is 30.2 Å². The number of benzene rings is 3. The highest BCUT2D eigenvalue weighted by atomic mass is 32.2. The van der Waals surface area contributed by atoms with Crippen LogP contribution in [0.2, 0.25) is 0 Å². The summed E-state index contributed by atoms with van der Waals surface area (Å²) in [7, 11) is -2.22. The summed E-state index contributed by atoms with van der Waals surface area (Å²) in [6.45, 7) is 1.70. The summed E-state index contributed by atoms with van der Waals surface area (Å²) >= 11 is 0. The Morgan fingerprint density at radius 2 is 1.49 bits per heavy atom. The highest BCUT2D eigenvalue weighted by Crippen LogP contribution is 2.20. The minimum atomic E-state index is -3.75. The first-order valence-corrected chi connectivity index (χ1v) is 13.2. The maximum absolute atomic E-state index is 13.8. The Morgan fingerprint density at radius 1 is 0.886 bits per heavy atom. The van der Waals surface area contributed by atoms with Gasteiger partial charge in [-0.15, -0.1) is 0 Å². The van der Waals surface area contributed by atoms with Gasteiger partial charge in [0.15, 0.2) is 0 Å². The van der Waals surface area contributed by atoms with Crippen LogP contribution in [0.15, 0.2) is 84.9 Å². The van der Waals surface area contributed by atoms with Gasteiger partial charge in [0.05, 0.1) is 11.9 Å². The summed E-state index contributed by atoms with van der Waals surface area (Å²) in [5.74, 6) is -0.786. The van der Waals surface area contributed by atoms with Crippen LogP contribution in [0.3, 0.4) is 0 Å². The van der Waals surface area contributed by atoms with Crippen molar-refractivity contribution in [1.29, 1.82) is 0 Å². The van der Waals surface area contributed by atoms with Gasteiger partial charge in [0, 0.05) is 20.0 Å². The average Bonchev–Trinajstić information content (AvgIpc) is 2.84. The maximum Gasteiger partial charge on any atom is 0.244 e. The first-order valence-electron chi connectivity index (χ1n) is 11.3. The van der Waals surface area contributed by atoms with E-state index in [2.05, 4.69) is 5.32 Å². The Labute approximate surface area is 207 Å². The van der Waals surface area contributed by atoms with Gasteiger partial charge in [0.25, 0.3) is 0 Å². The van der Waals surface area contributed by atoms with Crippen molar-refractivity contribution in [3.05, 3.63) is 102 Å². The van der Waals surface area contributed by atoms with Crippen molar-refractivity contribution < 1.29 is 18.0 Å². The summed E-state index contributed by atoms with van der Waals surface area (Å²) in [5, 5.41) is 2.67. The lowest BCUT2D eigenvalue weighted by Crippen LogP contribution is -2.52. The molecule has 1 N–H and O–H groups in total. The summed E-state index contributed by atoms with van der Waals surface area (Å²) in [6.07, 6.45) is 1.36. The van der Waals surface area contributed by atoms with Crippen LogP contribution >= 0.6 is 0 Å². The fourth-order valence-corrected chi connectivity index (χ4v) is 4.79. The first-order chi connectivity index (χ1) is 16.7. The number of sulfonamides is 1. The molecule has 3 aromatic carbocycles. The quantitative estimate of drug-likeness (QED) is 0.470. The third-order valence-corrected chi connectivity index (χ3v) is 6.82. The van der Waals surface area contributed by atoms with Crippen molar-refractivity contribution in [3.63, 3.8) is 0 Å². The van der Waals surface area contributed by atoms with E-state index in [0.29, 0.717) is 12.1 Å². The van der Waals surface area contributed by atoms with Gasteiger partial charge in [-0.1, -0.05) is 78.4 Å². The number of amides is 2. The number of rotatable bonds is 10. The molecule has 8 heteroatoms. The van der Waals surface area contributed by atoms with E-state index in [-0.39, 0.29) is 12.5 Å². The Morgan fingerprint density at radius 3 is 2.06 bits per heavy atom. The summed E-state index contributed by atoms with van der Waals surface area (Å²) in [5.41, 5.74) is 3.16. The van der Waals surface area contributed by atoms with E-state index in [1.165, 1.54) is 11.9 Å². The second-order valence-electron chi connectivity index (χ2n) is 8.44. The number of carbonyl (C=O) groups is 2. The fraction of sp³-hybridized carbons (Fsp3) is 0.259. The lowest BCUT2D eigenvalue weighted by Gasteiger charge is -2.33. The van der Waals surface area contributed by atoms with Gasteiger partial charge in [-0.3, -0.25) is 13.9 Å². The van der Waals surface area contributed by atoms with Crippen LogP contribution in [0.4, 0.5) is 5.69 Å².